The Bertz CT molecular complexity index is 353. The molecule has 0 aliphatic heterocycles. The minimum atomic E-state index is -0.381. The summed E-state index contributed by atoms with van der Waals surface area (Å²) >= 11 is 12.6. The smallest absolute Gasteiger partial charge is 0.0996 e. The van der Waals surface area contributed by atoms with Crippen molar-refractivity contribution in [3.8, 4) is 0 Å². The molecular formula is C12H14Cl2O. The standard InChI is InChI=1S/C12H14Cl2O/c1-2-7-15-11-8-12(11,14)9-5-3-4-6-10(9)13/h3-6,11H,2,7-8H2,1H3. The van der Waals surface area contributed by atoms with E-state index in [0.29, 0.717) is 0 Å². The molecule has 0 N–H and O–H groups in total. The molecule has 1 fully saturated rings. The van der Waals surface area contributed by atoms with E-state index in [2.05, 4.69) is 6.92 Å². The van der Waals surface area contributed by atoms with Crippen LogP contribution in [0, 0.1) is 0 Å². The number of halogens is 2. The molecule has 1 aliphatic rings. The van der Waals surface area contributed by atoms with Gasteiger partial charge in [0.1, 0.15) is 0 Å². The summed E-state index contributed by atoms with van der Waals surface area (Å²) in [6.07, 6.45) is 2.00. The number of alkyl halides is 1. The topological polar surface area (TPSA) is 9.23 Å². The molecule has 82 valence electrons. The molecule has 0 bridgehead atoms. The van der Waals surface area contributed by atoms with E-state index in [4.69, 9.17) is 27.9 Å². The highest BCUT2D eigenvalue weighted by molar-refractivity contribution is 6.34. The SMILES string of the molecule is CCCOC1CC1(Cl)c1ccccc1Cl. The summed E-state index contributed by atoms with van der Waals surface area (Å²) in [5, 5.41) is 0.732. The van der Waals surface area contributed by atoms with Crippen molar-refractivity contribution >= 4 is 23.2 Å². The van der Waals surface area contributed by atoms with Crippen molar-refractivity contribution in [2.45, 2.75) is 30.7 Å². The minimum Gasteiger partial charge on any atom is -0.376 e. The molecule has 15 heavy (non-hydrogen) atoms. The first-order valence-electron chi connectivity index (χ1n) is 5.24. The predicted octanol–water partition coefficient (Wildman–Crippen LogP) is 3.97. The van der Waals surface area contributed by atoms with Gasteiger partial charge in [0.15, 0.2) is 0 Å². The van der Waals surface area contributed by atoms with Gasteiger partial charge >= 0.3 is 0 Å². The third-order valence-corrected chi connectivity index (χ3v) is 3.61. The third-order valence-electron chi connectivity index (χ3n) is 2.68. The molecule has 3 heteroatoms. The number of rotatable bonds is 4. The first-order chi connectivity index (χ1) is 7.18. The second-order valence-corrected chi connectivity index (χ2v) is 4.99. The average Bonchev–Trinajstić information content (AvgIpc) is 2.88. The predicted molar refractivity (Wildman–Crippen MR) is 63.6 cm³/mol. The van der Waals surface area contributed by atoms with Crippen LogP contribution in [0.4, 0.5) is 0 Å². The van der Waals surface area contributed by atoms with Crippen molar-refractivity contribution in [1.29, 1.82) is 0 Å². The van der Waals surface area contributed by atoms with Gasteiger partial charge in [-0.3, -0.25) is 0 Å². The highest BCUT2D eigenvalue weighted by Crippen LogP contribution is 2.55. The molecule has 0 radical (unpaired) electrons. The molecule has 2 unspecified atom stereocenters. The zero-order valence-electron chi connectivity index (χ0n) is 8.67. The summed E-state index contributed by atoms with van der Waals surface area (Å²) < 4.78 is 5.64. The minimum absolute atomic E-state index is 0.124. The summed E-state index contributed by atoms with van der Waals surface area (Å²) in [6.45, 7) is 2.86. The van der Waals surface area contributed by atoms with E-state index in [1.807, 2.05) is 24.3 Å². The Hall–Kier alpha value is -0.240. The lowest BCUT2D eigenvalue weighted by Crippen LogP contribution is -2.08. The van der Waals surface area contributed by atoms with Crippen molar-refractivity contribution < 1.29 is 4.74 Å². The maximum Gasteiger partial charge on any atom is 0.0996 e. The van der Waals surface area contributed by atoms with Crippen molar-refractivity contribution in [2.75, 3.05) is 6.61 Å². The monoisotopic (exact) mass is 244 g/mol. The molecule has 0 saturated heterocycles. The summed E-state index contributed by atoms with van der Waals surface area (Å²) in [6, 6.07) is 7.72. The molecule has 1 saturated carbocycles. The number of ether oxygens (including phenoxy) is 1. The van der Waals surface area contributed by atoms with Crippen LogP contribution in [0.1, 0.15) is 25.3 Å². The van der Waals surface area contributed by atoms with E-state index in [0.717, 1.165) is 30.0 Å². The van der Waals surface area contributed by atoms with Gasteiger partial charge in [-0.05, 0) is 18.1 Å². The van der Waals surface area contributed by atoms with Crippen LogP contribution < -0.4 is 0 Å². The summed E-state index contributed by atoms with van der Waals surface area (Å²) in [5.74, 6) is 0. The Morgan fingerprint density at radius 1 is 1.47 bits per heavy atom. The zero-order chi connectivity index (χ0) is 10.9. The van der Waals surface area contributed by atoms with Gasteiger partial charge in [-0.2, -0.15) is 0 Å². The molecule has 1 aliphatic carbocycles. The van der Waals surface area contributed by atoms with E-state index < -0.39 is 0 Å². The second kappa shape index (κ2) is 4.32. The first kappa shape index (κ1) is 11.3. The van der Waals surface area contributed by atoms with Gasteiger partial charge in [0.2, 0.25) is 0 Å². The zero-order valence-corrected chi connectivity index (χ0v) is 10.2. The van der Waals surface area contributed by atoms with Crippen LogP contribution in [0.15, 0.2) is 24.3 Å². The van der Waals surface area contributed by atoms with Crippen LogP contribution in [-0.4, -0.2) is 12.7 Å². The van der Waals surface area contributed by atoms with Gasteiger partial charge in [-0.25, -0.2) is 0 Å². The third kappa shape index (κ3) is 2.15. The second-order valence-electron chi connectivity index (χ2n) is 3.91. The van der Waals surface area contributed by atoms with E-state index in [-0.39, 0.29) is 11.0 Å². The van der Waals surface area contributed by atoms with Crippen molar-refractivity contribution in [1.82, 2.24) is 0 Å². The fourth-order valence-corrected chi connectivity index (χ4v) is 2.46. The molecule has 0 spiro atoms. The van der Waals surface area contributed by atoms with Crippen LogP contribution in [0.5, 0.6) is 0 Å². The van der Waals surface area contributed by atoms with Crippen LogP contribution in [0.3, 0.4) is 0 Å². The van der Waals surface area contributed by atoms with Crippen LogP contribution >= 0.6 is 23.2 Å². The lowest BCUT2D eigenvalue weighted by Gasteiger charge is -2.11. The molecule has 0 aromatic heterocycles. The molecule has 1 nitrogen and oxygen atoms in total. The van der Waals surface area contributed by atoms with Gasteiger partial charge in [-0.1, -0.05) is 36.7 Å². The van der Waals surface area contributed by atoms with E-state index in [9.17, 15) is 0 Å². The van der Waals surface area contributed by atoms with Crippen molar-refractivity contribution in [3.05, 3.63) is 34.9 Å². The molecule has 2 atom stereocenters. The Kier molecular flexibility index (Phi) is 3.24. The van der Waals surface area contributed by atoms with Gasteiger partial charge in [0.25, 0.3) is 0 Å². The van der Waals surface area contributed by atoms with Gasteiger partial charge in [-0.15, -0.1) is 11.6 Å². The quantitative estimate of drug-likeness (QED) is 0.729. The lowest BCUT2D eigenvalue weighted by molar-refractivity contribution is 0.112. The first-order valence-corrected chi connectivity index (χ1v) is 5.99. The molecule has 0 heterocycles. The molecule has 0 amide bonds. The molecule has 1 aromatic rings. The summed E-state index contributed by atoms with van der Waals surface area (Å²) in [4.78, 5) is -0.381. The fourth-order valence-electron chi connectivity index (χ4n) is 1.74. The molecule has 1 aromatic carbocycles. The Morgan fingerprint density at radius 2 is 2.20 bits per heavy atom. The normalized spacial score (nSPS) is 29.1. The number of benzene rings is 1. The fraction of sp³-hybridized carbons (Fsp3) is 0.500. The van der Waals surface area contributed by atoms with Crippen molar-refractivity contribution in [2.24, 2.45) is 0 Å². The van der Waals surface area contributed by atoms with Crippen LogP contribution in [0.2, 0.25) is 5.02 Å². The summed E-state index contributed by atoms with van der Waals surface area (Å²) in [5.41, 5.74) is 0.995. The lowest BCUT2D eigenvalue weighted by atomic mass is 10.1. The van der Waals surface area contributed by atoms with Gasteiger partial charge < -0.3 is 4.74 Å². The van der Waals surface area contributed by atoms with Crippen LogP contribution in [0.25, 0.3) is 0 Å². The number of hydrogen-bond donors (Lipinski definition) is 0. The average molecular weight is 245 g/mol. The van der Waals surface area contributed by atoms with Crippen LogP contribution in [-0.2, 0) is 9.61 Å². The van der Waals surface area contributed by atoms with E-state index in [1.54, 1.807) is 0 Å². The summed E-state index contributed by atoms with van der Waals surface area (Å²) in [7, 11) is 0. The Balaban J connectivity index is 2.10. The van der Waals surface area contributed by atoms with Crippen molar-refractivity contribution in [3.63, 3.8) is 0 Å². The highest BCUT2D eigenvalue weighted by Gasteiger charge is 2.56. The van der Waals surface area contributed by atoms with E-state index in [1.165, 1.54) is 0 Å². The van der Waals surface area contributed by atoms with Gasteiger partial charge in [0, 0.05) is 18.1 Å². The maximum absolute atomic E-state index is 6.47. The maximum atomic E-state index is 6.47. The Labute approximate surface area is 100 Å². The highest BCUT2D eigenvalue weighted by atomic mass is 35.5. The van der Waals surface area contributed by atoms with E-state index >= 15 is 0 Å². The number of hydrogen-bond acceptors (Lipinski definition) is 1. The molecular weight excluding hydrogens is 231 g/mol. The molecule has 2 rings (SSSR count). The largest absolute Gasteiger partial charge is 0.376 e. The van der Waals surface area contributed by atoms with Gasteiger partial charge in [0.05, 0.1) is 11.0 Å². The Morgan fingerprint density at radius 3 is 2.87 bits per heavy atom.